The summed E-state index contributed by atoms with van der Waals surface area (Å²) < 4.78 is 18.3. The van der Waals surface area contributed by atoms with Crippen LogP contribution in [0.2, 0.25) is 0 Å². The van der Waals surface area contributed by atoms with Crippen LogP contribution in [0.3, 0.4) is 0 Å². The molecule has 1 aromatic carbocycles. The SMILES string of the molecule is CNC(=O)CN(C)Cc1nnc(-c2ccc(F)cc2)o1. The first-order valence-electron chi connectivity index (χ1n) is 6.06. The normalized spacial score (nSPS) is 10.8. The number of halogens is 1. The summed E-state index contributed by atoms with van der Waals surface area (Å²) in [6, 6.07) is 5.80. The Kier molecular flexibility index (Phi) is 4.41. The molecule has 0 saturated heterocycles. The fraction of sp³-hybridized carbons (Fsp3) is 0.308. The zero-order valence-corrected chi connectivity index (χ0v) is 11.3. The second-order valence-corrected chi connectivity index (χ2v) is 4.35. The van der Waals surface area contributed by atoms with Gasteiger partial charge in [0.15, 0.2) is 0 Å². The molecule has 0 unspecified atom stereocenters. The first kappa shape index (κ1) is 14.1. The smallest absolute Gasteiger partial charge is 0.247 e. The van der Waals surface area contributed by atoms with Crippen LogP contribution in [0.15, 0.2) is 28.7 Å². The van der Waals surface area contributed by atoms with E-state index in [1.54, 1.807) is 31.1 Å². The summed E-state index contributed by atoms with van der Waals surface area (Å²) in [5, 5.41) is 10.3. The maximum atomic E-state index is 12.8. The molecule has 0 bridgehead atoms. The number of aromatic nitrogens is 2. The quantitative estimate of drug-likeness (QED) is 0.885. The van der Waals surface area contributed by atoms with Crippen LogP contribution in [0.1, 0.15) is 5.89 Å². The molecule has 2 rings (SSSR count). The Morgan fingerprint density at radius 1 is 1.35 bits per heavy atom. The van der Waals surface area contributed by atoms with E-state index < -0.39 is 0 Å². The molecule has 1 aromatic heterocycles. The number of carbonyl (C=O) groups excluding carboxylic acids is 1. The largest absolute Gasteiger partial charge is 0.419 e. The number of benzene rings is 1. The van der Waals surface area contributed by atoms with E-state index in [1.165, 1.54) is 12.1 Å². The van der Waals surface area contributed by atoms with Crippen molar-refractivity contribution >= 4 is 5.91 Å². The molecule has 0 aliphatic carbocycles. The minimum atomic E-state index is -0.321. The summed E-state index contributed by atoms with van der Waals surface area (Å²) in [6.45, 7) is 0.604. The first-order chi connectivity index (χ1) is 9.58. The maximum Gasteiger partial charge on any atom is 0.247 e. The van der Waals surface area contributed by atoms with Crippen LogP contribution in [0.25, 0.3) is 11.5 Å². The van der Waals surface area contributed by atoms with Gasteiger partial charge in [-0.15, -0.1) is 10.2 Å². The van der Waals surface area contributed by atoms with Crippen LogP contribution in [-0.4, -0.2) is 41.6 Å². The van der Waals surface area contributed by atoms with E-state index >= 15 is 0 Å². The van der Waals surface area contributed by atoms with Crippen LogP contribution in [-0.2, 0) is 11.3 Å². The minimum absolute atomic E-state index is 0.0919. The minimum Gasteiger partial charge on any atom is -0.419 e. The summed E-state index contributed by atoms with van der Waals surface area (Å²) in [4.78, 5) is 13.0. The second-order valence-electron chi connectivity index (χ2n) is 4.35. The van der Waals surface area contributed by atoms with Crippen LogP contribution in [0.4, 0.5) is 4.39 Å². The number of nitrogens with zero attached hydrogens (tertiary/aromatic N) is 3. The highest BCUT2D eigenvalue weighted by molar-refractivity contribution is 5.77. The number of likely N-dealkylation sites (N-methyl/N-ethyl adjacent to an activating group) is 2. The summed E-state index contributed by atoms with van der Waals surface area (Å²) in [7, 11) is 3.35. The van der Waals surface area contributed by atoms with Gasteiger partial charge in [0.2, 0.25) is 17.7 Å². The van der Waals surface area contributed by atoms with Crippen LogP contribution < -0.4 is 5.32 Å². The molecule has 0 saturated carbocycles. The monoisotopic (exact) mass is 278 g/mol. The summed E-state index contributed by atoms with van der Waals surface area (Å²) in [5.41, 5.74) is 0.652. The molecular formula is C13H15FN4O2. The van der Waals surface area contributed by atoms with E-state index in [0.717, 1.165) is 0 Å². The molecule has 1 amide bonds. The average Bonchev–Trinajstić information content (AvgIpc) is 2.87. The fourth-order valence-electron chi connectivity index (χ4n) is 1.64. The van der Waals surface area contributed by atoms with Crippen LogP contribution in [0.5, 0.6) is 0 Å². The molecule has 20 heavy (non-hydrogen) atoms. The van der Waals surface area contributed by atoms with Crippen LogP contribution >= 0.6 is 0 Å². The third kappa shape index (κ3) is 3.61. The van der Waals surface area contributed by atoms with Gasteiger partial charge in [-0.1, -0.05) is 0 Å². The topological polar surface area (TPSA) is 71.3 Å². The zero-order chi connectivity index (χ0) is 14.5. The molecule has 7 heteroatoms. The predicted molar refractivity (Wildman–Crippen MR) is 70.1 cm³/mol. The van der Waals surface area contributed by atoms with E-state index in [4.69, 9.17) is 4.42 Å². The van der Waals surface area contributed by atoms with E-state index in [1.807, 2.05) is 0 Å². The lowest BCUT2D eigenvalue weighted by Gasteiger charge is -2.12. The van der Waals surface area contributed by atoms with E-state index in [2.05, 4.69) is 15.5 Å². The molecule has 0 atom stereocenters. The molecule has 0 aliphatic rings. The van der Waals surface area contributed by atoms with E-state index in [-0.39, 0.29) is 18.3 Å². The zero-order valence-electron chi connectivity index (χ0n) is 11.3. The Balaban J connectivity index is 2.02. The van der Waals surface area contributed by atoms with Gasteiger partial charge in [0.1, 0.15) is 5.82 Å². The summed E-state index contributed by atoms with van der Waals surface area (Å²) >= 11 is 0. The van der Waals surface area contributed by atoms with Crippen molar-refractivity contribution in [1.82, 2.24) is 20.4 Å². The van der Waals surface area contributed by atoms with Gasteiger partial charge in [0, 0.05) is 12.6 Å². The van der Waals surface area contributed by atoms with E-state index in [0.29, 0.717) is 23.9 Å². The van der Waals surface area contributed by atoms with Gasteiger partial charge in [0.25, 0.3) is 0 Å². The lowest BCUT2D eigenvalue weighted by Crippen LogP contribution is -2.32. The van der Waals surface area contributed by atoms with Crippen molar-refractivity contribution in [2.24, 2.45) is 0 Å². The Bertz CT molecular complexity index is 582. The van der Waals surface area contributed by atoms with Crippen molar-refractivity contribution in [3.05, 3.63) is 36.0 Å². The van der Waals surface area contributed by atoms with Gasteiger partial charge in [0.05, 0.1) is 13.1 Å². The van der Waals surface area contributed by atoms with Gasteiger partial charge in [-0.3, -0.25) is 9.69 Å². The van der Waals surface area contributed by atoms with E-state index in [9.17, 15) is 9.18 Å². The Morgan fingerprint density at radius 2 is 2.05 bits per heavy atom. The first-order valence-corrected chi connectivity index (χ1v) is 6.06. The molecule has 1 N–H and O–H groups in total. The van der Waals surface area contributed by atoms with Gasteiger partial charge >= 0.3 is 0 Å². The van der Waals surface area contributed by atoms with Crippen molar-refractivity contribution in [2.45, 2.75) is 6.54 Å². The Labute approximate surface area is 115 Å². The Hall–Kier alpha value is -2.28. The highest BCUT2D eigenvalue weighted by atomic mass is 19.1. The standard InChI is InChI=1S/C13H15FN4O2/c1-15-11(19)7-18(2)8-12-16-17-13(20-12)9-3-5-10(14)6-4-9/h3-6H,7-8H2,1-2H3,(H,15,19). The number of hydrogen-bond donors (Lipinski definition) is 1. The number of rotatable bonds is 5. The van der Waals surface area contributed by atoms with Crippen molar-refractivity contribution in [2.75, 3.05) is 20.6 Å². The summed E-state index contributed by atoms with van der Waals surface area (Å²) in [5.74, 6) is 0.314. The molecule has 6 nitrogen and oxygen atoms in total. The molecule has 1 heterocycles. The highest BCUT2D eigenvalue weighted by Gasteiger charge is 2.12. The van der Waals surface area contributed by atoms with Crippen molar-refractivity contribution in [3.63, 3.8) is 0 Å². The third-order valence-corrected chi connectivity index (χ3v) is 2.66. The fourth-order valence-corrected chi connectivity index (χ4v) is 1.64. The number of carbonyl (C=O) groups is 1. The number of hydrogen-bond acceptors (Lipinski definition) is 5. The Morgan fingerprint density at radius 3 is 2.70 bits per heavy atom. The van der Waals surface area contributed by atoms with Crippen molar-refractivity contribution in [3.8, 4) is 11.5 Å². The number of nitrogens with one attached hydrogen (secondary N) is 1. The predicted octanol–water partition coefficient (Wildman–Crippen LogP) is 1.05. The van der Waals surface area contributed by atoms with Crippen LogP contribution in [0, 0.1) is 5.82 Å². The average molecular weight is 278 g/mol. The molecule has 0 aliphatic heterocycles. The van der Waals surface area contributed by atoms with Gasteiger partial charge in [-0.2, -0.15) is 0 Å². The third-order valence-electron chi connectivity index (χ3n) is 2.66. The van der Waals surface area contributed by atoms with Crippen molar-refractivity contribution in [1.29, 1.82) is 0 Å². The second kappa shape index (κ2) is 6.25. The molecule has 0 radical (unpaired) electrons. The highest BCUT2D eigenvalue weighted by Crippen LogP contribution is 2.18. The molecule has 2 aromatic rings. The number of amides is 1. The molecule has 0 spiro atoms. The maximum absolute atomic E-state index is 12.8. The van der Waals surface area contributed by atoms with Crippen molar-refractivity contribution < 1.29 is 13.6 Å². The lowest BCUT2D eigenvalue weighted by molar-refractivity contribution is -0.121. The van der Waals surface area contributed by atoms with Gasteiger partial charge in [-0.25, -0.2) is 4.39 Å². The lowest BCUT2D eigenvalue weighted by atomic mass is 10.2. The molecule has 0 fully saturated rings. The summed E-state index contributed by atoms with van der Waals surface area (Å²) in [6.07, 6.45) is 0. The van der Waals surface area contributed by atoms with Gasteiger partial charge < -0.3 is 9.73 Å². The molecule has 106 valence electrons. The molecular weight excluding hydrogens is 263 g/mol. The van der Waals surface area contributed by atoms with Gasteiger partial charge in [-0.05, 0) is 31.3 Å².